The van der Waals surface area contributed by atoms with Gasteiger partial charge in [-0.05, 0) is 50.6 Å². The number of fused-ring (bicyclic) bond motifs is 2. The van der Waals surface area contributed by atoms with Crippen LogP contribution in [0.1, 0.15) is 56.7 Å². The molecular formula is C28H41N5O5Si. The fourth-order valence-electron chi connectivity index (χ4n) is 6.98. The van der Waals surface area contributed by atoms with Crippen LogP contribution < -0.4 is 9.80 Å². The molecule has 212 valence electrons. The highest BCUT2D eigenvalue weighted by Crippen LogP contribution is 2.59. The van der Waals surface area contributed by atoms with Crippen LogP contribution in [0.25, 0.3) is 0 Å². The van der Waals surface area contributed by atoms with Crippen LogP contribution >= 0.6 is 0 Å². The van der Waals surface area contributed by atoms with Gasteiger partial charge in [0.1, 0.15) is 0 Å². The molecule has 2 amide bonds. The minimum atomic E-state index is -2.77. The minimum absolute atomic E-state index is 0.0108. The highest BCUT2D eigenvalue weighted by molar-refractivity contribution is 6.71. The van der Waals surface area contributed by atoms with Crippen LogP contribution in [-0.4, -0.2) is 71.3 Å². The predicted octanol–water partition coefficient (Wildman–Crippen LogP) is 2.97. The number of amides is 2. The molecule has 3 aliphatic heterocycles. The van der Waals surface area contributed by atoms with Crippen LogP contribution in [0, 0.1) is 5.92 Å². The molecule has 3 aliphatic rings. The topological polar surface area (TPSA) is 121 Å². The van der Waals surface area contributed by atoms with E-state index >= 15 is 0 Å². The summed E-state index contributed by atoms with van der Waals surface area (Å²) in [5.41, 5.74) is 1.68. The maximum absolute atomic E-state index is 14.0. The van der Waals surface area contributed by atoms with Crippen LogP contribution in [0.3, 0.4) is 0 Å². The molecule has 1 spiro atoms. The van der Waals surface area contributed by atoms with E-state index in [0.29, 0.717) is 32.4 Å². The molecule has 1 aromatic heterocycles. The quantitative estimate of drug-likeness (QED) is 0.504. The molecule has 0 saturated carbocycles. The number of carbonyl (C=O) groups excluding carboxylic acids is 2. The standard InChI is InChI=1S/C28H41N5O5Si/c1-19-26(39(3,4)37)24(12-15-32-18-20(13-16-34)29-30-32)38-28(19)22-17-21(10-11-23(22)31(2)27(28)36)33-14-8-6-5-7-9-25(33)35/h10-11,17-19,24,26,34,37H,5-9,12-16H2,1-4H3/t19-,24+,26-,28+/m0/s1. The minimum Gasteiger partial charge on any atom is -0.432 e. The van der Waals surface area contributed by atoms with Crippen LogP contribution in [0.15, 0.2) is 24.4 Å². The molecule has 0 bridgehead atoms. The van der Waals surface area contributed by atoms with Crippen molar-refractivity contribution in [2.24, 2.45) is 5.92 Å². The van der Waals surface area contributed by atoms with Gasteiger partial charge in [0.25, 0.3) is 5.91 Å². The van der Waals surface area contributed by atoms with Gasteiger partial charge < -0.3 is 24.4 Å². The Labute approximate surface area is 231 Å². The molecule has 2 aromatic rings. The number of aromatic nitrogens is 3. The maximum atomic E-state index is 14.0. The normalized spacial score (nSPS) is 27.8. The third-order valence-electron chi connectivity index (χ3n) is 8.83. The predicted molar refractivity (Wildman–Crippen MR) is 150 cm³/mol. The van der Waals surface area contributed by atoms with E-state index in [1.807, 2.05) is 49.3 Å². The molecule has 2 N–H and O–H groups in total. The first kappa shape index (κ1) is 27.9. The molecule has 0 radical (unpaired) electrons. The zero-order chi connectivity index (χ0) is 27.9. The molecule has 39 heavy (non-hydrogen) atoms. The van der Waals surface area contributed by atoms with Crippen molar-refractivity contribution in [3.63, 3.8) is 0 Å². The number of nitrogens with zero attached hydrogens (tertiary/aromatic N) is 5. The van der Waals surface area contributed by atoms with E-state index in [4.69, 9.17) is 4.74 Å². The Morgan fingerprint density at radius 2 is 1.95 bits per heavy atom. The zero-order valence-corrected chi connectivity index (χ0v) is 24.5. The summed E-state index contributed by atoms with van der Waals surface area (Å²) in [5, 5.41) is 17.5. The third kappa shape index (κ3) is 4.94. The van der Waals surface area contributed by atoms with Crippen LogP contribution in [0.5, 0.6) is 0 Å². The van der Waals surface area contributed by atoms with E-state index in [9.17, 15) is 19.5 Å². The molecule has 0 aliphatic carbocycles. The van der Waals surface area contributed by atoms with Gasteiger partial charge in [-0.3, -0.25) is 14.3 Å². The van der Waals surface area contributed by atoms with Crippen molar-refractivity contribution in [2.75, 3.05) is 30.0 Å². The smallest absolute Gasteiger partial charge is 0.264 e. The number of aryl methyl sites for hydroxylation is 1. The Hall–Kier alpha value is -2.60. The lowest BCUT2D eigenvalue weighted by atomic mass is 9.82. The van der Waals surface area contributed by atoms with Gasteiger partial charge in [0.05, 0.1) is 17.5 Å². The van der Waals surface area contributed by atoms with E-state index < -0.39 is 13.9 Å². The van der Waals surface area contributed by atoms with E-state index in [-0.39, 0.29) is 36.0 Å². The van der Waals surface area contributed by atoms with Crippen molar-refractivity contribution < 1.29 is 24.2 Å². The number of carbonyl (C=O) groups is 2. The van der Waals surface area contributed by atoms with Gasteiger partial charge in [-0.2, -0.15) is 0 Å². The van der Waals surface area contributed by atoms with Crippen molar-refractivity contribution in [2.45, 2.75) is 88.8 Å². The molecule has 0 unspecified atom stereocenters. The van der Waals surface area contributed by atoms with Crippen LogP contribution in [0.4, 0.5) is 11.4 Å². The second-order valence-electron chi connectivity index (χ2n) is 11.9. The fourth-order valence-corrected chi connectivity index (χ4v) is 9.58. The molecule has 2 fully saturated rings. The van der Waals surface area contributed by atoms with Gasteiger partial charge in [0.15, 0.2) is 13.9 Å². The number of hydrogen-bond donors (Lipinski definition) is 2. The number of aliphatic hydroxyl groups excluding tert-OH is 1. The molecule has 10 nitrogen and oxygen atoms in total. The Morgan fingerprint density at radius 3 is 2.69 bits per heavy atom. The second-order valence-corrected chi connectivity index (χ2v) is 15.8. The highest BCUT2D eigenvalue weighted by atomic mass is 28.4. The van der Waals surface area contributed by atoms with Gasteiger partial charge in [-0.25, -0.2) is 0 Å². The monoisotopic (exact) mass is 555 g/mol. The van der Waals surface area contributed by atoms with E-state index in [1.165, 1.54) is 0 Å². The Bertz CT molecular complexity index is 1230. The van der Waals surface area contributed by atoms with Crippen molar-refractivity contribution in [3.05, 3.63) is 35.7 Å². The van der Waals surface area contributed by atoms with Crippen molar-refractivity contribution >= 4 is 31.5 Å². The first-order valence-corrected chi connectivity index (χ1v) is 17.2. The van der Waals surface area contributed by atoms with Crippen molar-refractivity contribution in [1.82, 2.24) is 15.0 Å². The van der Waals surface area contributed by atoms with Crippen molar-refractivity contribution in [1.29, 1.82) is 0 Å². The third-order valence-corrected chi connectivity index (χ3v) is 11.3. The number of hydrogen-bond acceptors (Lipinski definition) is 7. The Morgan fingerprint density at radius 1 is 1.18 bits per heavy atom. The summed E-state index contributed by atoms with van der Waals surface area (Å²) in [5.74, 6) is -0.267. The first-order chi connectivity index (χ1) is 18.6. The van der Waals surface area contributed by atoms with Gasteiger partial charge in [-0.15, -0.1) is 5.10 Å². The molecule has 1 aromatic carbocycles. The van der Waals surface area contributed by atoms with E-state index in [0.717, 1.165) is 48.3 Å². The van der Waals surface area contributed by atoms with Crippen molar-refractivity contribution in [3.8, 4) is 0 Å². The first-order valence-electron chi connectivity index (χ1n) is 14.2. The number of likely N-dealkylation sites (N-methyl/N-ethyl adjacent to an activating group) is 1. The summed E-state index contributed by atoms with van der Waals surface area (Å²) in [7, 11) is -0.997. The number of benzene rings is 1. The number of rotatable bonds is 7. The van der Waals surface area contributed by atoms with Crippen LogP contribution in [0.2, 0.25) is 18.6 Å². The summed E-state index contributed by atoms with van der Waals surface area (Å²) in [6.45, 7) is 7.06. The van der Waals surface area contributed by atoms with Gasteiger partial charge >= 0.3 is 0 Å². The average Bonchev–Trinajstić information content (AvgIpc) is 3.51. The average molecular weight is 556 g/mol. The lowest BCUT2D eigenvalue weighted by molar-refractivity contribution is -0.145. The summed E-state index contributed by atoms with van der Waals surface area (Å²) in [6.07, 6.45) is 7.04. The Kier molecular flexibility index (Phi) is 7.71. The highest BCUT2D eigenvalue weighted by Gasteiger charge is 2.65. The lowest BCUT2D eigenvalue weighted by Gasteiger charge is -2.32. The maximum Gasteiger partial charge on any atom is 0.264 e. The second kappa shape index (κ2) is 10.8. The molecule has 4 heterocycles. The SMILES string of the molecule is C[C@H]1[C@H]([Si](C)(C)O)[C@@H](CCn2cc(CCO)nn2)O[C@]12C(=O)N(C)c1ccc(N3CCCCCCC3=O)cc12. The number of anilines is 2. The van der Waals surface area contributed by atoms with Crippen LogP contribution in [-0.2, 0) is 32.9 Å². The number of aliphatic hydroxyl groups is 1. The summed E-state index contributed by atoms with van der Waals surface area (Å²) in [4.78, 5) is 42.0. The fraction of sp³-hybridized carbons (Fsp3) is 0.643. The molecule has 5 rings (SSSR count). The molecule has 11 heteroatoms. The summed E-state index contributed by atoms with van der Waals surface area (Å²) < 4.78 is 8.57. The van der Waals surface area contributed by atoms with Gasteiger partial charge in [0, 0.05) is 68.5 Å². The van der Waals surface area contributed by atoms with E-state index in [2.05, 4.69) is 10.3 Å². The van der Waals surface area contributed by atoms with Gasteiger partial charge in [-0.1, -0.05) is 25.0 Å². The molecule has 2 saturated heterocycles. The summed E-state index contributed by atoms with van der Waals surface area (Å²) >= 11 is 0. The Balaban J connectivity index is 1.50. The molecule has 4 atom stereocenters. The zero-order valence-electron chi connectivity index (χ0n) is 23.5. The van der Waals surface area contributed by atoms with E-state index in [1.54, 1.807) is 16.6 Å². The molecular weight excluding hydrogens is 514 g/mol. The summed E-state index contributed by atoms with van der Waals surface area (Å²) in [6, 6.07) is 5.85. The van der Waals surface area contributed by atoms with Gasteiger partial charge in [0.2, 0.25) is 5.91 Å². The largest absolute Gasteiger partial charge is 0.432 e. The lowest BCUT2D eigenvalue weighted by Crippen LogP contribution is -2.45. The number of ether oxygens (including phenoxy) is 1.